The Morgan fingerprint density at radius 1 is 1.33 bits per heavy atom. The van der Waals surface area contributed by atoms with Gasteiger partial charge < -0.3 is 9.84 Å². The molecule has 76 valence electrons. The second kappa shape index (κ2) is 6.61. The van der Waals surface area contributed by atoms with Crippen LogP contribution in [-0.4, -0.2) is 53.2 Å². The van der Waals surface area contributed by atoms with Crippen LogP contribution in [0.5, 0.6) is 0 Å². The molecule has 0 amide bonds. The van der Waals surface area contributed by atoms with Gasteiger partial charge in [0, 0.05) is 0 Å². The van der Waals surface area contributed by atoms with Crippen LogP contribution in [0.15, 0.2) is 24.3 Å². The van der Waals surface area contributed by atoms with Crippen LogP contribution >= 0.6 is 0 Å². The number of carbonyl (C=O) groups excluding carboxylic acids is 1. The Kier molecular flexibility index (Phi) is 6.24. The Balaban J connectivity index is 0.00000196. The van der Waals surface area contributed by atoms with Crippen molar-refractivity contribution < 1.29 is 19.4 Å². The number of carbonyl (C=O) groups is 2. The molecule has 1 aromatic carbocycles. The minimum atomic E-state index is -1.06. The molecule has 0 aromatic heterocycles. The number of carboxylic acids is 1. The van der Waals surface area contributed by atoms with Gasteiger partial charge in [0.2, 0.25) is 0 Å². The zero-order chi connectivity index (χ0) is 10.6. The summed E-state index contributed by atoms with van der Waals surface area (Å²) in [5.41, 5.74) is 0.335. The molecule has 0 fully saturated rings. The van der Waals surface area contributed by atoms with Crippen molar-refractivity contribution in [2.75, 3.05) is 6.61 Å². The van der Waals surface area contributed by atoms with Crippen molar-refractivity contribution in [1.29, 1.82) is 0 Å². The molecule has 0 saturated carbocycles. The molecule has 1 aromatic rings. The third-order valence-corrected chi connectivity index (χ3v) is 1.62. The van der Waals surface area contributed by atoms with Gasteiger partial charge in [0.05, 0.1) is 17.7 Å². The fraction of sp³-hybridized carbons (Fsp3) is 0.200. The van der Waals surface area contributed by atoms with Crippen molar-refractivity contribution in [1.82, 2.24) is 0 Å². The second-order valence-corrected chi connectivity index (χ2v) is 2.61. The number of rotatable bonds is 3. The van der Waals surface area contributed by atoms with Crippen molar-refractivity contribution in [2.45, 2.75) is 6.92 Å². The van der Waals surface area contributed by atoms with Gasteiger partial charge >= 0.3 is 41.5 Å². The van der Waals surface area contributed by atoms with Crippen LogP contribution in [0.3, 0.4) is 0 Å². The van der Waals surface area contributed by atoms with Crippen LogP contribution in [0, 0.1) is 0 Å². The van der Waals surface area contributed by atoms with Crippen LogP contribution in [0.4, 0.5) is 0 Å². The van der Waals surface area contributed by atoms with E-state index in [0.717, 1.165) is 0 Å². The number of carboxylic acid groups (broad SMARTS) is 1. The summed E-state index contributed by atoms with van der Waals surface area (Å²) in [6.45, 7) is 1.97. The minimum absolute atomic E-state index is 0. The van der Waals surface area contributed by atoms with Gasteiger partial charge in [0.25, 0.3) is 0 Å². The zero-order valence-electron chi connectivity index (χ0n) is 7.69. The molecule has 1 rings (SSSR count). The number of hydrogen-bond acceptors (Lipinski definition) is 3. The molecule has 0 bridgehead atoms. The van der Waals surface area contributed by atoms with Gasteiger partial charge in [-0.3, -0.25) is 0 Å². The van der Waals surface area contributed by atoms with Crippen LogP contribution in [0.2, 0.25) is 0 Å². The SMILES string of the molecule is CCOC(=O)c1cccc(C(=O)O)c1.[NaH]. The Morgan fingerprint density at radius 2 is 1.93 bits per heavy atom. The monoisotopic (exact) mass is 218 g/mol. The molecular formula is C10H11NaO4. The number of esters is 1. The van der Waals surface area contributed by atoms with Crippen LogP contribution < -0.4 is 0 Å². The summed E-state index contributed by atoms with van der Waals surface area (Å²) >= 11 is 0. The van der Waals surface area contributed by atoms with Crippen LogP contribution in [0.1, 0.15) is 27.6 Å². The molecule has 0 spiro atoms. The number of hydrogen-bond donors (Lipinski definition) is 1. The summed E-state index contributed by atoms with van der Waals surface area (Å²) in [6, 6.07) is 5.74. The van der Waals surface area contributed by atoms with Crippen molar-refractivity contribution in [3.05, 3.63) is 35.4 Å². The van der Waals surface area contributed by atoms with Gasteiger partial charge in [-0.25, -0.2) is 9.59 Å². The Hall–Kier alpha value is -0.840. The van der Waals surface area contributed by atoms with E-state index in [1.807, 2.05) is 0 Å². The Labute approximate surface area is 110 Å². The van der Waals surface area contributed by atoms with E-state index >= 15 is 0 Å². The fourth-order valence-corrected chi connectivity index (χ4v) is 0.994. The third-order valence-electron chi connectivity index (χ3n) is 1.62. The summed E-state index contributed by atoms with van der Waals surface area (Å²) in [4.78, 5) is 21.8. The maximum absolute atomic E-state index is 11.2. The number of benzene rings is 1. The molecule has 0 unspecified atom stereocenters. The van der Waals surface area contributed by atoms with Gasteiger partial charge in [0.15, 0.2) is 0 Å². The normalized spacial score (nSPS) is 8.87. The van der Waals surface area contributed by atoms with Gasteiger partial charge in [-0.05, 0) is 25.1 Å². The summed E-state index contributed by atoms with van der Waals surface area (Å²) < 4.78 is 4.73. The average molecular weight is 218 g/mol. The first kappa shape index (κ1) is 14.2. The van der Waals surface area contributed by atoms with Gasteiger partial charge in [-0.15, -0.1) is 0 Å². The quantitative estimate of drug-likeness (QED) is 0.605. The molecule has 0 aliphatic carbocycles. The Morgan fingerprint density at radius 3 is 2.47 bits per heavy atom. The van der Waals surface area contributed by atoms with E-state index in [1.165, 1.54) is 24.3 Å². The first-order chi connectivity index (χ1) is 6.65. The van der Waals surface area contributed by atoms with E-state index < -0.39 is 11.9 Å². The predicted octanol–water partition coefficient (Wildman–Crippen LogP) is 0.913. The van der Waals surface area contributed by atoms with Crippen molar-refractivity contribution in [3.8, 4) is 0 Å². The molecule has 0 radical (unpaired) electrons. The van der Waals surface area contributed by atoms with Crippen molar-refractivity contribution in [3.63, 3.8) is 0 Å². The number of ether oxygens (including phenoxy) is 1. The van der Waals surface area contributed by atoms with Crippen LogP contribution in [-0.2, 0) is 4.74 Å². The summed E-state index contributed by atoms with van der Waals surface area (Å²) in [6.07, 6.45) is 0. The molecule has 5 heteroatoms. The van der Waals surface area contributed by atoms with E-state index in [1.54, 1.807) is 6.92 Å². The van der Waals surface area contributed by atoms with E-state index in [0.29, 0.717) is 0 Å². The van der Waals surface area contributed by atoms with Crippen molar-refractivity contribution >= 4 is 41.5 Å². The van der Waals surface area contributed by atoms with E-state index in [4.69, 9.17) is 9.84 Å². The topological polar surface area (TPSA) is 63.6 Å². The second-order valence-electron chi connectivity index (χ2n) is 2.61. The van der Waals surface area contributed by atoms with Crippen LogP contribution in [0.25, 0.3) is 0 Å². The fourth-order valence-electron chi connectivity index (χ4n) is 0.994. The van der Waals surface area contributed by atoms with E-state index in [-0.39, 0.29) is 47.3 Å². The molecule has 1 N–H and O–H groups in total. The van der Waals surface area contributed by atoms with E-state index in [9.17, 15) is 9.59 Å². The summed E-state index contributed by atoms with van der Waals surface area (Å²) in [5, 5.41) is 8.67. The maximum atomic E-state index is 11.2. The molecular weight excluding hydrogens is 207 g/mol. The summed E-state index contributed by atoms with van der Waals surface area (Å²) in [7, 11) is 0. The Bertz CT molecular complexity index is 362. The third kappa shape index (κ3) is 4.03. The van der Waals surface area contributed by atoms with Gasteiger partial charge in [-0.2, -0.15) is 0 Å². The predicted molar refractivity (Wildman–Crippen MR) is 56.5 cm³/mol. The molecule has 0 aliphatic rings. The molecule has 0 atom stereocenters. The van der Waals surface area contributed by atoms with Gasteiger partial charge in [0.1, 0.15) is 0 Å². The first-order valence-electron chi connectivity index (χ1n) is 4.15. The molecule has 0 aliphatic heterocycles. The van der Waals surface area contributed by atoms with E-state index in [2.05, 4.69) is 0 Å². The zero-order valence-corrected chi connectivity index (χ0v) is 7.69. The first-order valence-corrected chi connectivity index (χ1v) is 4.15. The summed E-state index contributed by atoms with van der Waals surface area (Å²) in [5.74, 6) is -1.56. The molecule has 15 heavy (non-hydrogen) atoms. The number of aromatic carboxylic acids is 1. The molecule has 0 saturated heterocycles. The molecule has 0 heterocycles. The van der Waals surface area contributed by atoms with Gasteiger partial charge in [-0.1, -0.05) is 6.07 Å². The standard InChI is InChI=1S/C10H10O4.Na.H/c1-2-14-10(13)8-5-3-4-7(6-8)9(11)12;;/h3-6H,2H2,1H3,(H,11,12);;. The van der Waals surface area contributed by atoms with Crippen molar-refractivity contribution in [2.24, 2.45) is 0 Å². The molecule has 4 nitrogen and oxygen atoms in total. The average Bonchev–Trinajstić information content (AvgIpc) is 2.18.